The maximum absolute atomic E-state index is 11.7. The van der Waals surface area contributed by atoms with Crippen LogP contribution in [0, 0.1) is 0 Å². The zero-order valence-corrected chi connectivity index (χ0v) is 11.4. The third kappa shape index (κ3) is 4.87. The van der Waals surface area contributed by atoms with E-state index < -0.39 is 24.6 Å². The average molecular weight is 282 g/mol. The summed E-state index contributed by atoms with van der Waals surface area (Å²) in [5.41, 5.74) is 0.823. The number of hydroxylamine groups is 2. The molecule has 2 amide bonds. The van der Waals surface area contributed by atoms with E-state index in [4.69, 9.17) is 9.84 Å². The van der Waals surface area contributed by atoms with Crippen molar-refractivity contribution in [3.8, 4) is 0 Å². The third-order valence-corrected chi connectivity index (χ3v) is 2.57. The van der Waals surface area contributed by atoms with Gasteiger partial charge >= 0.3 is 6.09 Å². The van der Waals surface area contributed by atoms with Crippen LogP contribution >= 0.6 is 0 Å². The van der Waals surface area contributed by atoms with Crippen LogP contribution in [0.3, 0.4) is 0 Å². The van der Waals surface area contributed by atoms with Gasteiger partial charge in [0.15, 0.2) is 0 Å². The summed E-state index contributed by atoms with van der Waals surface area (Å²) >= 11 is 0. The molecule has 2 N–H and O–H groups in total. The van der Waals surface area contributed by atoms with Crippen molar-refractivity contribution in [2.75, 3.05) is 20.8 Å². The molecule has 7 heteroatoms. The summed E-state index contributed by atoms with van der Waals surface area (Å²) in [7, 11) is 2.68. The first kappa shape index (κ1) is 15.9. The van der Waals surface area contributed by atoms with Gasteiger partial charge in [0, 0.05) is 7.05 Å². The highest BCUT2D eigenvalue weighted by atomic mass is 16.7. The fourth-order valence-corrected chi connectivity index (χ4v) is 1.40. The summed E-state index contributed by atoms with van der Waals surface area (Å²) in [6, 6.07) is 8.00. The Hall–Kier alpha value is -2.12. The van der Waals surface area contributed by atoms with Crippen LogP contribution < -0.4 is 5.32 Å². The second-order valence-electron chi connectivity index (χ2n) is 3.96. The van der Waals surface area contributed by atoms with Gasteiger partial charge in [-0.1, -0.05) is 30.3 Å². The summed E-state index contributed by atoms with van der Waals surface area (Å²) in [6.07, 6.45) is -0.786. The van der Waals surface area contributed by atoms with Crippen LogP contribution in [0.1, 0.15) is 5.56 Å². The number of amides is 2. The monoisotopic (exact) mass is 282 g/mol. The Morgan fingerprint density at radius 3 is 2.55 bits per heavy atom. The Kier molecular flexibility index (Phi) is 6.48. The highest BCUT2D eigenvalue weighted by molar-refractivity contribution is 5.84. The molecule has 20 heavy (non-hydrogen) atoms. The number of carbonyl (C=O) groups is 2. The number of nitrogens with zero attached hydrogens (tertiary/aromatic N) is 1. The van der Waals surface area contributed by atoms with Gasteiger partial charge < -0.3 is 15.2 Å². The smallest absolute Gasteiger partial charge is 0.408 e. The van der Waals surface area contributed by atoms with E-state index in [0.717, 1.165) is 10.6 Å². The summed E-state index contributed by atoms with van der Waals surface area (Å²) in [4.78, 5) is 27.9. The van der Waals surface area contributed by atoms with E-state index in [9.17, 15) is 9.59 Å². The fourth-order valence-electron chi connectivity index (χ4n) is 1.40. The SMILES string of the molecule is CON(C)C(=O)C(CO)NC(=O)OCc1ccccc1. The molecular weight excluding hydrogens is 264 g/mol. The lowest BCUT2D eigenvalue weighted by Gasteiger charge is -2.20. The first-order chi connectivity index (χ1) is 9.58. The van der Waals surface area contributed by atoms with Crippen molar-refractivity contribution in [3.63, 3.8) is 0 Å². The number of aliphatic hydroxyl groups is 1. The van der Waals surface area contributed by atoms with Gasteiger partial charge in [-0.3, -0.25) is 9.63 Å². The Bertz CT molecular complexity index is 438. The standard InChI is InChI=1S/C13H18N2O5/c1-15(19-2)12(17)11(8-16)14-13(18)20-9-10-6-4-3-5-7-10/h3-7,11,16H,8-9H2,1-2H3,(H,14,18). The predicted octanol–water partition coefficient (Wildman–Crippen LogP) is 0.293. The molecule has 0 aliphatic carbocycles. The lowest BCUT2D eigenvalue weighted by molar-refractivity contribution is -0.171. The van der Waals surface area contributed by atoms with Gasteiger partial charge in [0.25, 0.3) is 5.91 Å². The molecule has 0 aliphatic rings. The van der Waals surface area contributed by atoms with Crippen LogP contribution in [-0.4, -0.2) is 49.0 Å². The van der Waals surface area contributed by atoms with Crippen molar-refractivity contribution in [2.24, 2.45) is 0 Å². The summed E-state index contributed by atoms with van der Waals surface area (Å²) < 4.78 is 4.95. The normalized spacial score (nSPS) is 11.6. The molecule has 0 spiro atoms. The topological polar surface area (TPSA) is 88.1 Å². The van der Waals surface area contributed by atoms with Gasteiger partial charge in [0.1, 0.15) is 12.6 Å². The average Bonchev–Trinajstić information content (AvgIpc) is 2.50. The van der Waals surface area contributed by atoms with Gasteiger partial charge in [-0.05, 0) is 5.56 Å². The van der Waals surface area contributed by atoms with E-state index in [1.807, 2.05) is 18.2 Å². The molecule has 7 nitrogen and oxygen atoms in total. The molecule has 0 saturated heterocycles. The van der Waals surface area contributed by atoms with E-state index in [-0.39, 0.29) is 6.61 Å². The third-order valence-electron chi connectivity index (χ3n) is 2.57. The van der Waals surface area contributed by atoms with Crippen molar-refractivity contribution in [1.29, 1.82) is 0 Å². The quantitative estimate of drug-likeness (QED) is 0.732. The Morgan fingerprint density at radius 1 is 1.35 bits per heavy atom. The second kappa shape index (κ2) is 8.13. The summed E-state index contributed by atoms with van der Waals surface area (Å²) in [5.74, 6) is -0.577. The highest BCUT2D eigenvalue weighted by Gasteiger charge is 2.24. The molecule has 0 bridgehead atoms. The van der Waals surface area contributed by atoms with Crippen LogP contribution in [-0.2, 0) is 21.0 Å². The highest BCUT2D eigenvalue weighted by Crippen LogP contribution is 2.01. The van der Waals surface area contributed by atoms with Crippen molar-refractivity contribution < 1.29 is 24.3 Å². The molecule has 1 atom stereocenters. The molecule has 1 unspecified atom stereocenters. The van der Waals surface area contributed by atoms with Gasteiger partial charge in [-0.2, -0.15) is 0 Å². The Balaban J connectivity index is 2.45. The number of hydrogen-bond acceptors (Lipinski definition) is 5. The van der Waals surface area contributed by atoms with E-state index in [1.54, 1.807) is 12.1 Å². The van der Waals surface area contributed by atoms with Crippen molar-refractivity contribution in [1.82, 2.24) is 10.4 Å². The Morgan fingerprint density at radius 2 is 2.00 bits per heavy atom. The first-order valence-electron chi connectivity index (χ1n) is 5.98. The van der Waals surface area contributed by atoms with Crippen molar-refractivity contribution in [3.05, 3.63) is 35.9 Å². The van der Waals surface area contributed by atoms with E-state index in [2.05, 4.69) is 10.2 Å². The van der Waals surface area contributed by atoms with Crippen LogP contribution in [0.4, 0.5) is 4.79 Å². The molecule has 1 rings (SSSR count). The Labute approximate surface area is 117 Å². The van der Waals surface area contributed by atoms with E-state index >= 15 is 0 Å². The van der Waals surface area contributed by atoms with E-state index in [1.165, 1.54) is 14.2 Å². The molecule has 0 saturated carbocycles. The summed E-state index contributed by atoms with van der Waals surface area (Å²) in [5, 5.41) is 12.3. The number of hydrogen-bond donors (Lipinski definition) is 2. The number of aliphatic hydroxyl groups excluding tert-OH is 1. The molecule has 0 fully saturated rings. The first-order valence-corrected chi connectivity index (χ1v) is 5.98. The molecule has 0 heterocycles. The largest absolute Gasteiger partial charge is 0.445 e. The number of nitrogens with one attached hydrogen (secondary N) is 1. The molecule has 0 radical (unpaired) electrons. The number of benzene rings is 1. The summed E-state index contributed by atoms with van der Waals surface area (Å²) in [6.45, 7) is -0.466. The number of ether oxygens (including phenoxy) is 1. The number of alkyl carbamates (subject to hydrolysis) is 1. The number of rotatable bonds is 6. The molecule has 1 aromatic carbocycles. The van der Waals surface area contributed by atoms with Gasteiger partial charge in [-0.15, -0.1) is 0 Å². The zero-order valence-electron chi connectivity index (χ0n) is 11.4. The maximum atomic E-state index is 11.7. The molecule has 0 aromatic heterocycles. The minimum Gasteiger partial charge on any atom is -0.445 e. The zero-order chi connectivity index (χ0) is 15.0. The maximum Gasteiger partial charge on any atom is 0.408 e. The fraction of sp³-hybridized carbons (Fsp3) is 0.385. The molecule has 1 aromatic rings. The van der Waals surface area contributed by atoms with Gasteiger partial charge in [-0.25, -0.2) is 9.86 Å². The van der Waals surface area contributed by atoms with Crippen LogP contribution in [0.2, 0.25) is 0 Å². The second-order valence-corrected chi connectivity index (χ2v) is 3.96. The predicted molar refractivity (Wildman–Crippen MR) is 70.4 cm³/mol. The lowest BCUT2D eigenvalue weighted by atomic mass is 10.2. The van der Waals surface area contributed by atoms with Crippen LogP contribution in [0.5, 0.6) is 0 Å². The molecule has 110 valence electrons. The number of carbonyl (C=O) groups excluding carboxylic acids is 2. The number of likely N-dealkylation sites (N-methyl/N-ethyl adjacent to an activating group) is 1. The van der Waals surface area contributed by atoms with Gasteiger partial charge in [0.05, 0.1) is 13.7 Å². The minimum absolute atomic E-state index is 0.0825. The van der Waals surface area contributed by atoms with Crippen LogP contribution in [0.15, 0.2) is 30.3 Å². The lowest BCUT2D eigenvalue weighted by Crippen LogP contribution is -2.49. The van der Waals surface area contributed by atoms with Crippen molar-refractivity contribution in [2.45, 2.75) is 12.6 Å². The minimum atomic E-state index is -1.11. The van der Waals surface area contributed by atoms with E-state index in [0.29, 0.717) is 0 Å². The molecule has 0 aliphatic heterocycles. The van der Waals surface area contributed by atoms with Crippen LogP contribution in [0.25, 0.3) is 0 Å². The molecular formula is C13H18N2O5. The van der Waals surface area contributed by atoms with Gasteiger partial charge in [0.2, 0.25) is 0 Å². The van der Waals surface area contributed by atoms with Crippen molar-refractivity contribution >= 4 is 12.0 Å².